The summed E-state index contributed by atoms with van der Waals surface area (Å²) in [7, 11) is 0. The van der Waals surface area contributed by atoms with Gasteiger partial charge in [0.25, 0.3) is 0 Å². The number of nitrogens with zero attached hydrogens (tertiary/aromatic N) is 1. The van der Waals surface area contributed by atoms with Crippen LogP contribution in [-0.4, -0.2) is 42.8 Å². The van der Waals surface area contributed by atoms with E-state index in [0.717, 1.165) is 42.6 Å². The average molecular weight is 343 g/mol. The molecule has 0 amide bonds. The van der Waals surface area contributed by atoms with Gasteiger partial charge in [0.1, 0.15) is 0 Å². The predicted octanol–water partition coefficient (Wildman–Crippen LogP) is 2.98. The molecular weight excluding hydrogens is 316 g/mol. The Labute approximate surface area is 131 Å². The maximum Gasteiger partial charge on any atom is 0.0666 e. The predicted molar refractivity (Wildman–Crippen MR) is 89.0 cm³/mol. The third kappa shape index (κ3) is 4.55. The molecule has 0 spiro atoms. The lowest BCUT2D eigenvalue weighted by atomic mass is 9.88. The summed E-state index contributed by atoms with van der Waals surface area (Å²) in [6, 6.07) is 8.21. The fourth-order valence-corrected chi connectivity index (χ4v) is 2.72. The van der Waals surface area contributed by atoms with Crippen LogP contribution in [0.15, 0.2) is 28.7 Å². The summed E-state index contributed by atoms with van der Waals surface area (Å²) in [6.45, 7) is 10.6. The number of likely N-dealkylation sites (N-methyl/N-ethyl adjacent to an activating group) is 1. The highest BCUT2D eigenvalue weighted by atomic mass is 79.9. The first-order valence-electron chi connectivity index (χ1n) is 7.46. The van der Waals surface area contributed by atoms with Gasteiger partial charge in [-0.3, -0.25) is 0 Å². The molecule has 3 nitrogen and oxygen atoms in total. The van der Waals surface area contributed by atoms with E-state index < -0.39 is 0 Å². The number of nitrogens with one attached hydrogen (secondary N) is 1. The lowest BCUT2D eigenvalue weighted by molar-refractivity contribution is 0.150. The van der Waals surface area contributed by atoms with Crippen molar-refractivity contribution in [1.29, 1.82) is 0 Å². The molecule has 0 saturated carbocycles. The molecule has 0 aromatic heterocycles. The number of hydrogen-bond donors (Lipinski definition) is 2. The Bertz CT molecular complexity index is 373. The molecule has 1 aromatic rings. The summed E-state index contributed by atoms with van der Waals surface area (Å²) in [6.07, 6.45) is 0.864. The van der Waals surface area contributed by atoms with Gasteiger partial charge in [0, 0.05) is 17.6 Å². The Balaban J connectivity index is 2.74. The van der Waals surface area contributed by atoms with E-state index in [0.29, 0.717) is 0 Å². The molecule has 0 heterocycles. The van der Waals surface area contributed by atoms with E-state index >= 15 is 0 Å². The Morgan fingerprint density at radius 1 is 1.15 bits per heavy atom. The van der Waals surface area contributed by atoms with Crippen LogP contribution in [0.2, 0.25) is 0 Å². The van der Waals surface area contributed by atoms with Gasteiger partial charge in [-0.05, 0) is 37.2 Å². The van der Waals surface area contributed by atoms with Gasteiger partial charge < -0.3 is 15.3 Å². The molecule has 1 unspecified atom stereocenters. The fraction of sp³-hybridized carbons (Fsp3) is 0.625. The second-order valence-electron chi connectivity index (χ2n) is 5.05. The summed E-state index contributed by atoms with van der Waals surface area (Å²) in [5, 5.41) is 13.5. The number of halogens is 1. The Morgan fingerprint density at radius 2 is 1.75 bits per heavy atom. The van der Waals surface area contributed by atoms with Gasteiger partial charge in [-0.25, -0.2) is 0 Å². The second kappa shape index (κ2) is 8.78. The molecule has 1 atom stereocenters. The van der Waals surface area contributed by atoms with Gasteiger partial charge in [-0.15, -0.1) is 0 Å². The van der Waals surface area contributed by atoms with E-state index in [1.807, 2.05) is 12.1 Å². The van der Waals surface area contributed by atoms with Crippen LogP contribution in [-0.2, 0) is 5.54 Å². The highest BCUT2D eigenvalue weighted by molar-refractivity contribution is 9.10. The summed E-state index contributed by atoms with van der Waals surface area (Å²) < 4.78 is 1.06. The van der Waals surface area contributed by atoms with E-state index in [9.17, 15) is 5.11 Å². The molecule has 1 aromatic carbocycles. The Kier molecular flexibility index (Phi) is 7.74. The van der Waals surface area contributed by atoms with Gasteiger partial charge in [-0.1, -0.05) is 48.8 Å². The number of benzene rings is 1. The third-order valence-corrected chi connectivity index (χ3v) is 4.58. The molecule has 4 heteroatoms. The van der Waals surface area contributed by atoms with Gasteiger partial charge in [-0.2, -0.15) is 0 Å². The molecule has 2 N–H and O–H groups in total. The number of rotatable bonds is 9. The largest absolute Gasteiger partial charge is 0.394 e. The summed E-state index contributed by atoms with van der Waals surface area (Å²) in [4.78, 5) is 2.38. The summed E-state index contributed by atoms with van der Waals surface area (Å²) in [5.41, 5.74) is 0.804. The molecule has 114 valence electrons. The molecule has 0 aliphatic carbocycles. The van der Waals surface area contributed by atoms with E-state index in [4.69, 9.17) is 0 Å². The molecule has 0 saturated heterocycles. The average Bonchev–Trinajstić information content (AvgIpc) is 2.49. The van der Waals surface area contributed by atoms with Crippen LogP contribution in [0.3, 0.4) is 0 Å². The van der Waals surface area contributed by atoms with Crippen LogP contribution in [0.25, 0.3) is 0 Å². The molecular formula is C16H27BrN2O. The van der Waals surface area contributed by atoms with Crippen molar-refractivity contribution in [2.75, 3.05) is 32.8 Å². The zero-order chi connectivity index (χ0) is 15.0. The first-order valence-corrected chi connectivity index (χ1v) is 8.25. The lowest BCUT2D eigenvalue weighted by Gasteiger charge is -2.34. The van der Waals surface area contributed by atoms with Gasteiger partial charge in [0.05, 0.1) is 12.1 Å². The zero-order valence-electron chi connectivity index (χ0n) is 12.8. The monoisotopic (exact) mass is 342 g/mol. The van der Waals surface area contributed by atoms with Crippen LogP contribution >= 0.6 is 15.9 Å². The highest BCUT2D eigenvalue weighted by Gasteiger charge is 2.28. The minimum absolute atomic E-state index is 0.114. The quantitative estimate of drug-likeness (QED) is 0.724. The van der Waals surface area contributed by atoms with E-state index in [2.05, 4.69) is 59.1 Å². The number of aliphatic hydroxyl groups excluding tert-OH is 1. The first kappa shape index (κ1) is 17.6. The van der Waals surface area contributed by atoms with Crippen LogP contribution in [0.1, 0.15) is 32.8 Å². The lowest BCUT2D eigenvalue weighted by Crippen LogP contribution is -2.48. The normalized spacial score (nSPS) is 14.5. The van der Waals surface area contributed by atoms with Crippen molar-refractivity contribution in [3.63, 3.8) is 0 Å². The highest BCUT2D eigenvalue weighted by Crippen LogP contribution is 2.26. The minimum Gasteiger partial charge on any atom is -0.394 e. The molecule has 20 heavy (non-hydrogen) atoms. The van der Waals surface area contributed by atoms with Gasteiger partial charge in [0.2, 0.25) is 0 Å². The molecule has 0 aliphatic rings. The van der Waals surface area contributed by atoms with Crippen molar-refractivity contribution in [2.45, 2.75) is 32.7 Å². The van der Waals surface area contributed by atoms with Crippen LogP contribution in [0.4, 0.5) is 0 Å². The zero-order valence-corrected chi connectivity index (χ0v) is 14.4. The summed E-state index contributed by atoms with van der Waals surface area (Å²) in [5.74, 6) is 0. The first-order chi connectivity index (χ1) is 9.61. The smallest absolute Gasteiger partial charge is 0.0666 e. The molecule has 0 aliphatic heterocycles. The van der Waals surface area contributed by atoms with E-state index in [1.54, 1.807) is 0 Å². The van der Waals surface area contributed by atoms with Crippen molar-refractivity contribution in [2.24, 2.45) is 0 Å². The summed E-state index contributed by atoms with van der Waals surface area (Å²) >= 11 is 3.46. The SMILES string of the molecule is CCN(CC)CCNC(CC)(CO)c1ccc(Br)cc1. The van der Waals surface area contributed by atoms with Crippen molar-refractivity contribution in [1.82, 2.24) is 10.2 Å². The van der Waals surface area contributed by atoms with Crippen LogP contribution in [0.5, 0.6) is 0 Å². The van der Waals surface area contributed by atoms with Crippen molar-refractivity contribution in [3.05, 3.63) is 34.3 Å². The van der Waals surface area contributed by atoms with Crippen molar-refractivity contribution < 1.29 is 5.11 Å². The molecule has 0 fully saturated rings. The standard InChI is InChI=1S/C16H27BrN2O/c1-4-16(13-20,14-7-9-15(17)10-8-14)18-11-12-19(5-2)6-3/h7-10,18,20H,4-6,11-13H2,1-3H3. The second-order valence-corrected chi connectivity index (χ2v) is 5.97. The molecule has 0 radical (unpaired) electrons. The number of aliphatic hydroxyl groups is 1. The maximum absolute atomic E-state index is 9.89. The van der Waals surface area contributed by atoms with E-state index in [1.165, 1.54) is 0 Å². The Hall–Kier alpha value is -0.420. The van der Waals surface area contributed by atoms with Crippen molar-refractivity contribution >= 4 is 15.9 Å². The minimum atomic E-state index is -0.339. The van der Waals surface area contributed by atoms with Gasteiger partial charge >= 0.3 is 0 Å². The van der Waals surface area contributed by atoms with Crippen molar-refractivity contribution in [3.8, 4) is 0 Å². The molecule has 0 bridgehead atoms. The fourth-order valence-electron chi connectivity index (χ4n) is 2.45. The van der Waals surface area contributed by atoms with Crippen LogP contribution in [0, 0.1) is 0 Å². The third-order valence-electron chi connectivity index (χ3n) is 4.06. The maximum atomic E-state index is 9.89. The van der Waals surface area contributed by atoms with E-state index in [-0.39, 0.29) is 12.1 Å². The molecule has 1 rings (SSSR count). The Morgan fingerprint density at radius 3 is 2.20 bits per heavy atom. The topological polar surface area (TPSA) is 35.5 Å². The van der Waals surface area contributed by atoms with Gasteiger partial charge in [0.15, 0.2) is 0 Å². The van der Waals surface area contributed by atoms with Crippen LogP contribution < -0.4 is 5.32 Å². The number of hydrogen-bond acceptors (Lipinski definition) is 3.